The zero-order chi connectivity index (χ0) is 13.0. The van der Waals surface area contributed by atoms with Crippen molar-refractivity contribution < 1.29 is 4.74 Å². The van der Waals surface area contributed by atoms with Crippen LogP contribution in [0.15, 0.2) is 6.20 Å². The minimum Gasteiger partial charge on any atom is -0.379 e. The molecule has 2 rings (SSSR count). The molecule has 0 aliphatic carbocycles. The van der Waals surface area contributed by atoms with Crippen LogP contribution < -0.4 is 5.32 Å². The van der Waals surface area contributed by atoms with Gasteiger partial charge in [-0.15, -0.1) is 0 Å². The number of rotatable bonds is 4. The Bertz CT molecular complexity index is 391. The minimum absolute atomic E-state index is 0.361. The first-order chi connectivity index (χ1) is 8.65. The number of ether oxygens (including phenoxy) is 1. The molecule has 1 aliphatic rings. The maximum absolute atomic E-state index is 5.34. The predicted molar refractivity (Wildman–Crippen MR) is 71.8 cm³/mol. The second-order valence-corrected chi connectivity index (χ2v) is 4.88. The molecule has 1 N–H and O–H groups in total. The fourth-order valence-electron chi connectivity index (χ4n) is 2.08. The Morgan fingerprint density at radius 2 is 2.06 bits per heavy atom. The van der Waals surface area contributed by atoms with Crippen molar-refractivity contribution in [2.45, 2.75) is 26.8 Å². The summed E-state index contributed by atoms with van der Waals surface area (Å²) in [7, 11) is 0. The van der Waals surface area contributed by atoms with E-state index in [0.717, 1.165) is 50.1 Å². The van der Waals surface area contributed by atoms with Gasteiger partial charge < -0.3 is 10.1 Å². The quantitative estimate of drug-likeness (QED) is 0.871. The summed E-state index contributed by atoms with van der Waals surface area (Å²) < 4.78 is 5.34. The normalized spacial score (nSPS) is 18.6. The third-order valence-electron chi connectivity index (χ3n) is 3.22. The predicted octanol–water partition coefficient (Wildman–Crippen LogP) is 1.23. The van der Waals surface area contributed by atoms with Crippen molar-refractivity contribution in [3.63, 3.8) is 0 Å². The smallest absolute Gasteiger partial charge is 0.145 e. The molecule has 1 aromatic heterocycles. The SMILES string of the molecule is Cc1ncc(NC(C)CN2CCOCC2)nc1C. The largest absolute Gasteiger partial charge is 0.379 e. The summed E-state index contributed by atoms with van der Waals surface area (Å²) in [5.41, 5.74) is 1.97. The van der Waals surface area contributed by atoms with Gasteiger partial charge in [0.15, 0.2) is 0 Å². The lowest BCUT2D eigenvalue weighted by Gasteiger charge is -2.29. The Labute approximate surface area is 109 Å². The van der Waals surface area contributed by atoms with Crippen molar-refractivity contribution in [2.75, 3.05) is 38.2 Å². The van der Waals surface area contributed by atoms with Gasteiger partial charge in [0.2, 0.25) is 0 Å². The second kappa shape index (κ2) is 6.11. The number of hydrogen-bond acceptors (Lipinski definition) is 5. The first kappa shape index (κ1) is 13.2. The van der Waals surface area contributed by atoms with E-state index < -0.39 is 0 Å². The second-order valence-electron chi connectivity index (χ2n) is 4.88. The van der Waals surface area contributed by atoms with Crippen molar-refractivity contribution in [3.05, 3.63) is 17.6 Å². The van der Waals surface area contributed by atoms with Crippen molar-refractivity contribution in [1.82, 2.24) is 14.9 Å². The Kier molecular flexibility index (Phi) is 4.49. The van der Waals surface area contributed by atoms with E-state index in [-0.39, 0.29) is 0 Å². The minimum atomic E-state index is 0.361. The van der Waals surface area contributed by atoms with Crippen molar-refractivity contribution in [1.29, 1.82) is 0 Å². The highest BCUT2D eigenvalue weighted by Crippen LogP contribution is 2.08. The van der Waals surface area contributed by atoms with Gasteiger partial charge in [0.1, 0.15) is 5.82 Å². The molecule has 0 aromatic carbocycles. The number of aromatic nitrogens is 2. The number of anilines is 1. The van der Waals surface area contributed by atoms with Crippen molar-refractivity contribution >= 4 is 5.82 Å². The van der Waals surface area contributed by atoms with Gasteiger partial charge in [-0.25, -0.2) is 4.98 Å². The summed E-state index contributed by atoms with van der Waals surface area (Å²) in [6, 6.07) is 0.361. The fraction of sp³-hybridized carbons (Fsp3) is 0.692. The molecule has 2 heterocycles. The molecule has 1 saturated heterocycles. The van der Waals surface area contributed by atoms with E-state index in [9.17, 15) is 0 Å². The van der Waals surface area contributed by atoms with Crippen LogP contribution in [0.25, 0.3) is 0 Å². The third-order valence-corrected chi connectivity index (χ3v) is 3.22. The summed E-state index contributed by atoms with van der Waals surface area (Å²) in [6.07, 6.45) is 1.80. The van der Waals surface area contributed by atoms with E-state index in [0.29, 0.717) is 6.04 Å². The van der Waals surface area contributed by atoms with Crippen molar-refractivity contribution in [3.8, 4) is 0 Å². The fourth-order valence-corrected chi connectivity index (χ4v) is 2.08. The van der Waals surface area contributed by atoms with Gasteiger partial charge in [-0.2, -0.15) is 0 Å². The molecule has 5 heteroatoms. The molecule has 100 valence electrons. The summed E-state index contributed by atoms with van der Waals surface area (Å²) >= 11 is 0. The average molecular weight is 250 g/mol. The van der Waals surface area contributed by atoms with Crippen molar-refractivity contribution in [2.24, 2.45) is 0 Å². The van der Waals surface area contributed by atoms with Gasteiger partial charge in [-0.3, -0.25) is 9.88 Å². The van der Waals surface area contributed by atoms with Gasteiger partial charge in [0.05, 0.1) is 30.8 Å². The molecule has 1 atom stereocenters. The van der Waals surface area contributed by atoms with E-state index in [2.05, 4.69) is 27.1 Å². The summed E-state index contributed by atoms with van der Waals surface area (Å²) in [4.78, 5) is 11.2. The average Bonchev–Trinajstić information content (AvgIpc) is 2.35. The molecule has 1 aromatic rings. The molecule has 1 aliphatic heterocycles. The Balaban J connectivity index is 1.85. The van der Waals surface area contributed by atoms with E-state index in [1.54, 1.807) is 6.20 Å². The lowest BCUT2D eigenvalue weighted by Crippen LogP contribution is -2.42. The number of morpholine rings is 1. The van der Waals surface area contributed by atoms with Crippen LogP contribution in [-0.4, -0.2) is 53.8 Å². The van der Waals surface area contributed by atoms with Gasteiger partial charge in [-0.05, 0) is 20.8 Å². The summed E-state index contributed by atoms with van der Waals surface area (Å²) in [5.74, 6) is 0.860. The molecule has 18 heavy (non-hydrogen) atoms. The maximum atomic E-state index is 5.34. The van der Waals surface area contributed by atoms with E-state index in [4.69, 9.17) is 4.74 Å². The molecule has 0 saturated carbocycles. The van der Waals surface area contributed by atoms with Gasteiger partial charge in [-0.1, -0.05) is 0 Å². The molecule has 0 bridgehead atoms. The third kappa shape index (κ3) is 3.65. The lowest BCUT2D eigenvalue weighted by molar-refractivity contribution is 0.0368. The molecule has 0 radical (unpaired) electrons. The lowest BCUT2D eigenvalue weighted by atomic mass is 10.3. The summed E-state index contributed by atoms with van der Waals surface area (Å²) in [5, 5.41) is 3.40. The van der Waals surface area contributed by atoms with Crippen LogP contribution in [0.1, 0.15) is 18.3 Å². The van der Waals surface area contributed by atoms with E-state index >= 15 is 0 Å². The first-order valence-electron chi connectivity index (χ1n) is 6.52. The van der Waals surface area contributed by atoms with Gasteiger partial charge >= 0.3 is 0 Å². The molecule has 1 fully saturated rings. The summed E-state index contributed by atoms with van der Waals surface area (Å²) in [6.45, 7) is 10.9. The zero-order valence-corrected chi connectivity index (χ0v) is 11.4. The van der Waals surface area contributed by atoms with Gasteiger partial charge in [0.25, 0.3) is 0 Å². The molecule has 1 unspecified atom stereocenters. The first-order valence-corrected chi connectivity index (χ1v) is 6.52. The van der Waals surface area contributed by atoms with Crippen LogP contribution in [0.3, 0.4) is 0 Å². The molecule has 5 nitrogen and oxygen atoms in total. The molecule has 0 amide bonds. The topological polar surface area (TPSA) is 50.3 Å². The van der Waals surface area contributed by atoms with Crippen LogP contribution >= 0.6 is 0 Å². The van der Waals surface area contributed by atoms with Crippen LogP contribution in [0.2, 0.25) is 0 Å². The van der Waals surface area contributed by atoms with Crippen LogP contribution in [-0.2, 0) is 4.74 Å². The molecular formula is C13H22N4O. The number of aryl methyl sites for hydroxylation is 2. The highest BCUT2D eigenvalue weighted by Gasteiger charge is 2.14. The number of nitrogens with one attached hydrogen (secondary N) is 1. The van der Waals surface area contributed by atoms with E-state index in [1.165, 1.54) is 0 Å². The molecule has 0 spiro atoms. The Hall–Kier alpha value is -1.20. The highest BCUT2D eigenvalue weighted by atomic mass is 16.5. The highest BCUT2D eigenvalue weighted by molar-refractivity contribution is 5.34. The monoisotopic (exact) mass is 250 g/mol. The van der Waals surface area contributed by atoms with Crippen LogP contribution in [0.4, 0.5) is 5.82 Å². The Morgan fingerprint density at radius 3 is 2.72 bits per heavy atom. The number of hydrogen-bond donors (Lipinski definition) is 1. The number of nitrogens with zero attached hydrogens (tertiary/aromatic N) is 3. The molecular weight excluding hydrogens is 228 g/mol. The van der Waals surface area contributed by atoms with Crippen LogP contribution in [0.5, 0.6) is 0 Å². The standard InChI is InChI=1S/C13H22N4O/c1-10(9-17-4-6-18-7-5-17)15-13-8-14-11(2)12(3)16-13/h8,10H,4-7,9H2,1-3H3,(H,15,16). The Morgan fingerprint density at radius 1 is 1.33 bits per heavy atom. The zero-order valence-electron chi connectivity index (χ0n) is 11.4. The maximum Gasteiger partial charge on any atom is 0.145 e. The van der Waals surface area contributed by atoms with Gasteiger partial charge in [0, 0.05) is 25.7 Å². The van der Waals surface area contributed by atoms with Crippen LogP contribution in [0, 0.1) is 13.8 Å². The van der Waals surface area contributed by atoms with E-state index in [1.807, 2.05) is 13.8 Å².